The van der Waals surface area contributed by atoms with Crippen molar-refractivity contribution in [2.24, 2.45) is 11.5 Å². The standard InChI is InChI=1S/C10H14F3N3/c1-16-6-7-3-2-4-8(5-7)9(14,15)10(11,12)13/h2-5,16H,6,14-15H2,1H3. The molecule has 0 spiro atoms. The maximum absolute atomic E-state index is 12.6. The monoisotopic (exact) mass is 233 g/mol. The molecule has 5 N–H and O–H groups in total. The Morgan fingerprint density at radius 3 is 2.38 bits per heavy atom. The second-order valence-electron chi connectivity index (χ2n) is 3.60. The molecule has 1 rings (SSSR count). The summed E-state index contributed by atoms with van der Waals surface area (Å²) in [5, 5.41) is 2.84. The Balaban J connectivity index is 3.08. The van der Waals surface area contributed by atoms with Gasteiger partial charge in [0.05, 0.1) is 0 Å². The number of hydrogen-bond donors (Lipinski definition) is 3. The van der Waals surface area contributed by atoms with Crippen LogP contribution in [0.3, 0.4) is 0 Å². The lowest BCUT2D eigenvalue weighted by Gasteiger charge is -2.28. The first-order valence-electron chi connectivity index (χ1n) is 4.67. The molecule has 16 heavy (non-hydrogen) atoms. The highest BCUT2D eigenvalue weighted by molar-refractivity contribution is 5.29. The van der Waals surface area contributed by atoms with E-state index in [0.717, 1.165) is 0 Å². The zero-order valence-electron chi connectivity index (χ0n) is 8.81. The van der Waals surface area contributed by atoms with Crippen LogP contribution in [0.4, 0.5) is 13.2 Å². The molecule has 0 aliphatic heterocycles. The Morgan fingerprint density at radius 2 is 1.88 bits per heavy atom. The average Bonchev–Trinajstić information content (AvgIpc) is 2.17. The van der Waals surface area contributed by atoms with Gasteiger partial charge >= 0.3 is 6.18 Å². The van der Waals surface area contributed by atoms with Crippen LogP contribution in [0.25, 0.3) is 0 Å². The van der Waals surface area contributed by atoms with Crippen molar-refractivity contribution in [1.29, 1.82) is 0 Å². The number of alkyl halides is 3. The van der Waals surface area contributed by atoms with E-state index in [1.807, 2.05) is 0 Å². The second kappa shape index (κ2) is 4.40. The van der Waals surface area contributed by atoms with Gasteiger partial charge in [-0.1, -0.05) is 24.3 Å². The summed E-state index contributed by atoms with van der Waals surface area (Å²) in [6, 6.07) is 5.82. The van der Waals surface area contributed by atoms with E-state index < -0.39 is 11.8 Å². The van der Waals surface area contributed by atoms with E-state index in [-0.39, 0.29) is 5.56 Å². The molecule has 6 heteroatoms. The van der Waals surface area contributed by atoms with Crippen molar-refractivity contribution in [2.75, 3.05) is 7.05 Å². The summed E-state index contributed by atoms with van der Waals surface area (Å²) in [6.45, 7) is 0.460. The van der Waals surface area contributed by atoms with E-state index in [0.29, 0.717) is 12.1 Å². The molecule has 0 saturated carbocycles. The van der Waals surface area contributed by atoms with E-state index in [4.69, 9.17) is 11.5 Å². The van der Waals surface area contributed by atoms with Crippen LogP contribution in [0, 0.1) is 0 Å². The van der Waals surface area contributed by atoms with Crippen LogP contribution in [-0.2, 0) is 12.2 Å². The molecule has 0 saturated heterocycles. The third-order valence-electron chi connectivity index (χ3n) is 2.25. The molecule has 0 aliphatic rings. The van der Waals surface area contributed by atoms with Gasteiger partial charge in [0.15, 0.2) is 5.66 Å². The molecule has 0 bridgehead atoms. The Morgan fingerprint density at radius 1 is 1.25 bits per heavy atom. The first-order chi connectivity index (χ1) is 7.29. The van der Waals surface area contributed by atoms with Crippen molar-refractivity contribution < 1.29 is 13.2 Å². The van der Waals surface area contributed by atoms with E-state index >= 15 is 0 Å². The van der Waals surface area contributed by atoms with Crippen LogP contribution in [-0.4, -0.2) is 13.2 Å². The van der Waals surface area contributed by atoms with Gasteiger partial charge in [0.1, 0.15) is 0 Å². The lowest BCUT2D eigenvalue weighted by molar-refractivity contribution is -0.188. The van der Waals surface area contributed by atoms with Crippen molar-refractivity contribution in [3.63, 3.8) is 0 Å². The molecule has 0 amide bonds. The van der Waals surface area contributed by atoms with E-state index in [2.05, 4.69) is 5.32 Å². The van der Waals surface area contributed by atoms with Crippen molar-refractivity contribution in [3.05, 3.63) is 35.4 Å². The van der Waals surface area contributed by atoms with Gasteiger partial charge in [0, 0.05) is 6.54 Å². The Hall–Kier alpha value is -1.11. The molecule has 0 unspecified atom stereocenters. The highest BCUT2D eigenvalue weighted by Gasteiger charge is 2.50. The second-order valence-corrected chi connectivity index (χ2v) is 3.60. The minimum absolute atomic E-state index is 0.146. The molecular weight excluding hydrogens is 219 g/mol. The van der Waals surface area contributed by atoms with Gasteiger partial charge in [-0.2, -0.15) is 13.2 Å². The number of nitrogens with one attached hydrogen (secondary N) is 1. The first kappa shape index (κ1) is 13.0. The van der Waals surface area contributed by atoms with Crippen LogP contribution in [0.15, 0.2) is 24.3 Å². The maximum Gasteiger partial charge on any atom is 0.423 e. The molecule has 0 fully saturated rings. The Bertz CT molecular complexity index is 361. The van der Waals surface area contributed by atoms with Crippen molar-refractivity contribution in [3.8, 4) is 0 Å². The molecule has 3 nitrogen and oxygen atoms in total. The third kappa shape index (κ3) is 2.52. The van der Waals surface area contributed by atoms with Gasteiger partial charge in [0.2, 0.25) is 0 Å². The predicted molar refractivity (Wildman–Crippen MR) is 55.3 cm³/mol. The summed E-state index contributed by atoms with van der Waals surface area (Å²) in [7, 11) is 1.70. The van der Waals surface area contributed by atoms with Gasteiger partial charge in [-0.3, -0.25) is 0 Å². The molecule has 0 radical (unpaired) electrons. The lowest BCUT2D eigenvalue weighted by atomic mass is 9.98. The van der Waals surface area contributed by atoms with Crippen LogP contribution in [0.1, 0.15) is 11.1 Å². The zero-order chi connectivity index (χ0) is 12.4. The summed E-state index contributed by atoms with van der Waals surface area (Å²) in [6.07, 6.45) is -4.68. The average molecular weight is 233 g/mol. The molecule has 0 atom stereocenters. The summed E-state index contributed by atoms with van der Waals surface area (Å²) in [5.41, 5.74) is 7.97. The Labute approximate surface area is 91.6 Å². The molecule has 0 heterocycles. The number of benzene rings is 1. The predicted octanol–water partition coefficient (Wildman–Crippen LogP) is 1.04. The number of rotatable bonds is 3. The van der Waals surface area contributed by atoms with Crippen LogP contribution < -0.4 is 16.8 Å². The smallest absolute Gasteiger partial charge is 0.316 e. The number of halogens is 3. The highest BCUT2D eigenvalue weighted by Crippen LogP contribution is 2.32. The summed E-state index contributed by atoms with van der Waals surface area (Å²) >= 11 is 0. The van der Waals surface area contributed by atoms with Crippen molar-refractivity contribution in [2.45, 2.75) is 18.4 Å². The van der Waals surface area contributed by atoms with Gasteiger partial charge in [-0.15, -0.1) is 0 Å². The number of nitrogens with two attached hydrogens (primary N) is 2. The summed E-state index contributed by atoms with van der Waals surface area (Å²) in [4.78, 5) is 0. The van der Waals surface area contributed by atoms with Crippen LogP contribution in [0.5, 0.6) is 0 Å². The zero-order valence-corrected chi connectivity index (χ0v) is 8.81. The van der Waals surface area contributed by atoms with Gasteiger partial charge in [0.25, 0.3) is 0 Å². The fourth-order valence-electron chi connectivity index (χ4n) is 1.31. The van der Waals surface area contributed by atoms with Crippen molar-refractivity contribution >= 4 is 0 Å². The lowest BCUT2D eigenvalue weighted by Crippen LogP contribution is -2.57. The van der Waals surface area contributed by atoms with Crippen LogP contribution in [0.2, 0.25) is 0 Å². The fraction of sp³-hybridized carbons (Fsp3) is 0.400. The van der Waals surface area contributed by atoms with Gasteiger partial charge < -0.3 is 16.8 Å². The largest absolute Gasteiger partial charge is 0.423 e. The van der Waals surface area contributed by atoms with E-state index in [1.165, 1.54) is 18.2 Å². The Kier molecular flexibility index (Phi) is 3.57. The quantitative estimate of drug-likeness (QED) is 0.683. The molecular formula is C10H14F3N3. The van der Waals surface area contributed by atoms with Crippen molar-refractivity contribution in [1.82, 2.24) is 5.32 Å². The third-order valence-corrected chi connectivity index (χ3v) is 2.25. The molecule has 90 valence electrons. The number of hydrogen-bond acceptors (Lipinski definition) is 3. The van der Waals surface area contributed by atoms with Gasteiger partial charge in [-0.25, -0.2) is 0 Å². The summed E-state index contributed by atoms with van der Waals surface area (Å²) in [5.74, 6) is 0. The minimum atomic E-state index is -4.68. The maximum atomic E-state index is 12.6. The van der Waals surface area contributed by atoms with E-state index in [1.54, 1.807) is 13.1 Å². The molecule has 1 aromatic carbocycles. The molecule has 1 aromatic rings. The minimum Gasteiger partial charge on any atom is -0.316 e. The first-order valence-corrected chi connectivity index (χ1v) is 4.67. The topological polar surface area (TPSA) is 64.1 Å². The summed E-state index contributed by atoms with van der Waals surface area (Å²) < 4.78 is 37.7. The molecule has 0 aromatic heterocycles. The highest BCUT2D eigenvalue weighted by atomic mass is 19.4. The van der Waals surface area contributed by atoms with Gasteiger partial charge in [-0.05, 0) is 18.2 Å². The SMILES string of the molecule is CNCc1cccc(C(N)(N)C(F)(F)F)c1. The van der Waals surface area contributed by atoms with Crippen LogP contribution >= 0.6 is 0 Å². The fourth-order valence-corrected chi connectivity index (χ4v) is 1.31. The van der Waals surface area contributed by atoms with E-state index in [9.17, 15) is 13.2 Å². The normalized spacial score (nSPS) is 12.9. The molecule has 0 aliphatic carbocycles.